The van der Waals surface area contributed by atoms with Crippen molar-refractivity contribution in [3.8, 4) is 0 Å². The molecule has 0 atom stereocenters. The molecule has 1 heterocycles. The monoisotopic (exact) mass is 175 g/mol. The van der Waals surface area contributed by atoms with Gasteiger partial charge in [-0.2, -0.15) is 0 Å². The van der Waals surface area contributed by atoms with Crippen molar-refractivity contribution in [1.29, 1.82) is 0 Å². The molecule has 1 aromatic rings. The minimum Gasteiger partial charge on any atom is -0.478 e. The molecule has 0 fully saturated rings. The summed E-state index contributed by atoms with van der Waals surface area (Å²) in [6.45, 7) is 1.95. The molecule has 1 aliphatic rings. The first-order valence-corrected chi connectivity index (χ1v) is 4.08. The number of aromatic carboxylic acids is 1. The first-order valence-electron chi connectivity index (χ1n) is 4.08. The van der Waals surface area contributed by atoms with E-state index in [1.54, 1.807) is 12.3 Å². The van der Waals surface area contributed by atoms with Crippen molar-refractivity contribution in [2.45, 2.75) is 13.3 Å². The molecule has 0 radical (unpaired) electrons. The number of hydrogen-bond acceptors (Lipinski definition) is 2. The predicted octanol–water partition coefficient (Wildman–Crippen LogP) is 1.74. The van der Waals surface area contributed by atoms with E-state index in [-0.39, 0.29) is 0 Å². The second-order valence-electron chi connectivity index (χ2n) is 3.08. The Morgan fingerprint density at radius 1 is 1.62 bits per heavy atom. The molecule has 0 amide bonds. The van der Waals surface area contributed by atoms with Crippen molar-refractivity contribution in [1.82, 2.24) is 4.98 Å². The van der Waals surface area contributed by atoms with Crippen molar-refractivity contribution < 1.29 is 9.90 Å². The maximum atomic E-state index is 10.8. The van der Waals surface area contributed by atoms with E-state index < -0.39 is 5.97 Å². The Bertz CT molecular complexity index is 407. The number of carbonyl (C=O) groups is 1. The van der Waals surface area contributed by atoms with Gasteiger partial charge in [0.15, 0.2) is 0 Å². The number of nitrogens with zero attached hydrogens (tertiary/aromatic N) is 1. The molecule has 0 bridgehead atoms. The van der Waals surface area contributed by atoms with Gasteiger partial charge in [0.05, 0.1) is 11.3 Å². The highest BCUT2D eigenvalue weighted by Gasteiger charge is 2.18. The summed E-state index contributed by atoms with van der Waals surface area (Å²) in [6.07, 6.45) is 4.24. The maximum absolute atomic E-state index is 10.8. The number of rotatable bonds is 1. The predicted molar refractivity (Wildman–Crippen MR) is 48.6 cm³/mol. The van der Waals surface area contributed by atoms with Gasteiger partial charge in [0, 0.05) is 6.20 Å². The molecule has 66 valence electrons. The van der Waals surface area contributed by atoms with Gasteiger partial charge >= 0.3 is 5.97 Å². The zero-order valence-electron chi connectivity index (χ0n) is 7.24. The lowest BCUT2D eigenvalue weighted by atomic mass is 10.1. The highest BCUT2D eigenvalue weighted by atomic mass is 16.4. The van der Waals surface area contributed by atoms with Crippen LogP contribution in [0.2, 0.25) is 0 Å². The molecule has 1 aliphatic carbocycles. The summed E-state index contributed by atoms with van der Waals surface area (Å²) >= 11 is 0. The standard InChI is InChI=1S/C10H9NO2/c1-6-2-3-7-8(10(12)13)4-5-11-9(6)7/h2,4-5H,3H2,1H3,(H,12,13). The molecule has 0 saturated carbocycles. The van der Waals surface area contributed by atoms with Crippen LogP contribution in [-0.2, 0) is 6.42 Å². The van der Waals surface area contributed by atoms with E-state index in [0.29, 0.717) is 12.0 Å². The van der Waals surface area contributed by atoms with Crippen molar-refractivity contribution >= 4 is 11.5 Å². The zero-order chi connectivity index (χ0) is 9.42. The number of aromatic nitrogens is 1. The summed E-state index contributed by atoms with van der Waals surface area (Å²) in [5.74, 6) is -0.873. The van der Waals surface area contributed by atoms with Crippen LogP contribution in [0.1, 0.15) is 28.5 Å². The highest BCUT2D eigenvalue weighted by Crippen LogP contribution is 2.27. The molecule has 1 N–H and O–H groups in total. The third-order valence-electron chi connectivity index (χ3n) is 2.27. The second-order valence-corrected chi connectivity index (χ2v) is 3.08. The maximum Gasteiger partial charge on any atom is 0.336 e. The van der Waals surface area contributed by atoms with Crippen molar-refractivity contribution in [3.63, 3.8) is 0 Å². The zero-order valence-corrected chi connectivity index (χ0v) is 7.24. The number of hydrogen-bond donors (Lipinski definition) is 1. The Morgan fingerprint density at radius 2 is 2.38 bits per heavy atom. The van der Waals surface area contributed by atoms with Crippen molar-refractivity contribution in [2.24, 2.45) is 0 Å². The quantitative estimate of drug-likeness (QED) is 0.707. The second kappa shape index (κ2) is 2.69. The number of fused-ring (bicyclic) bond motifs is 1. The lowest BCUT2D eigenvalue weighted by molar-refractivity contribution is 0.0695. The van der Waals surface area contributed by atoms with Crippen LogP contribution in [0, 0.1) is 0 Å². The van der Waals surface area contributed by atoms with Gasteiger partial charge in [-0.25, -0.2) is 4.79 Å². The molecular weight excluding hydrogens is 166 g/mol. The molecule has 0 unspecified atom stereocenters. The van der Waals surface area contributed by atoms with Gasteiger partial charge in [-0.1, -0.05) is 6.08 Å². The fourth-order valence-corrected chi connectivity index (χ4v) is 1.59. The Morgan fingerprint density at radius 3 is 3.08 bits per heavy atom. The largest absolute Gasteiger partial charge is 0.478 e. The van der Waals surface area contributed by atoms with Gasteiger partial charge < -0.3 is 5.11 Å². The van der Waals surface area contributed by atoms with Gasteiger partial charge in [0.1, 0.15) is 0 Å². The molecule has 2 rings (SSSR count). The number of carboxylic acids is 1. The molecule has 13 heavy (non-hydrogen) atoms. The van der Waals surface area contributed by atoms with Crippen LogP contribution < -0.4 is 0 Å². The summed E-state index contributed by atoms with van der Waals surface area (Å²) in [6, 6.07) is 1.55. The van der Waals surface area contributed by atoms with E-state index >= 15 is 0 Å². The molecule has 1 aromatic heterocycles. The SMILES string of the molecule is CC1=CCc2c(C(=O)O)ccnc21. The van der Waals surface area contributed by atoms with Gasteiger partial charge in [-0.05, 0) is 30.5 Å². The van der Waals surface area contributed by atoms with Crippen LogP contribution in [-0.4, -0.2) is 16.1 Å². The average molecular weight is 175 g/mol. The van der Waals surface area contributed by atoms with E-state index in [4.69, 9.17) is 5.11 Å². The summed E-state index contributed by atoms with van der Waals surface area (Å²) < 4.78 is 0. The first kappa shape index (κ1) is 7.98. The lowest BCUT2D eigenvalue weighted by Crippen LogP contribution is -2.03. The van der Waals surface area contributed by atoms with E-state index in [0.717, 1.165) is 16.8 Å². The summed E-state index contributed by atoms with van der Waals surface area (Å²) in [7, 11) is 0. The van der Waals surface area contributed by atoms with Crippen molar-refractivity contribution in [2.75, 3.05) is 0 Å². The topological polar surface area (TPSA) is 50.2 Å². The fourth-order valence-electron chi connectivity index (χ4n) is 1.59. The Balaban J connectivity index is 2.61. The molecule has 0 spiro atoms. The number of pyridine rings is 1. The van der Waals surface area contributed by atoms with Crippen LogP contribution in [0.15, 0.2) is 18.3 Å². The fraction of sp³-hybridized carbons (Fsp3) is 0.200. The number of carboxylic acid groups (broad SMARTS) is 1. The van der Waals surface area contributed by atoms with Gasteiger partial charge in [-0.15, -0.1) is 0 Å². The summed E-state index contributed by atoms with van der Waals surface area (Å²) in [5.41, 5.74) is 3.11. The minimum absolute atomic E-state index is 0.373. The lowest BCUT2D eigenvalue weighted by Gasteiger charge is -2.03. The molecule has 0 aliphatic heterocycles. The van der Waals surface area contributed by atoms with Gasteiger partial charge in [0.2, 0.25) is 0 Å². The number of allylic oxidation sites excluding steroid dienone is 2. The third-order valence-corrected chi connectivity index (χ3v) is 2.27. The average Bonchev–Trinajstić information content (AvgIpc) is 2.48. The molecule has 0 aromatic carbocycles. The summed E-state index contributed by atoms with van der Waals surface area (Å²) in [5, 5.41) is 8.88. The van der Waals surface area contributed by atoms with E-state index in [1.165, 1.54) is 0 Å². The van der Waals surface area contributed by atoms with Gasteiger partial charge in [-0.3, -0.25) is 4.98 Å². The van der Waals surface area contributed by atoms with E-state index in [9.17, 15) is 4.79 Å². The van der Waals surface area contributed by atoms with Gasteiger partial charge in [0.25, 0.3) is 0 Å². The Hall–Kier alpha value is -1.64. The molecular formula is C10H9NO2. The van der Waals surface area contributed by atoms with Crippen LogP contribution in [0.25, 0.3) is 5.57 Å². The Labute approximate surface area is 75.7 Å². The van der Waals surface area contributed by atoms with Crippen LogP contribution >= 0.6 is 0 Å². The smallest absolute Gasteiger partial charge is 0.336 e. The highest BCUT2D eigenvalue weighted by molar-refractivity contribution is 5.91. The molecule has 3 nitrogen and oxygen atoms in total. The third kappa shape index (κ3) is 1.13. The molecule has 0 saturated heterocycles. The molecule has 3 heteroatoms. The Kier molecular flexibility index (Phi) is 1.65. The van der Waals surface area contributed by atoms with E-state index in [1.807, 2.05) is 13.0 Å². The minimum atomic E-state index is -0.873. The van der Waals surface area contributed by atoms with Crippen molar-refractivity contribution in [3.05, 3.63) is 35.2 Å². The van der Waals surface area contributed by atoms with E-state index in [2.05, 4.69) is 4.98 Å². The van der Waals surface area contributed by atoms with Crippen LogP contribution in [0.3, 0.4) is 0 Å². The summed E-state index contributed by atoms with van der Waals surface area (Å²) in [4.78, 5) is 15.0. The normalized spacial score (nSPS) is 13.8. The first-order chi connectivity index (χ1) is 6.20. The van der Waals surface area contributed by atoms with Crippen LogP contribution in [0.5, 0.6) is 0 Å². The van der Waals surface area contributed by atoms with Crippen LogP contribution in [0.4, 0.5) is 0 Å².